The first kappa shape index (κ1) is 33.3. The summed E-state index contributed by atoms with van der Waals surface area (Å²) in [6.07, 6.45) is 0. The summed E-state index contributed by atoms with van der Waals surface area (Å²) in [4.78, 5) is 31.4. The Kier molecular flexibility index (Phi) is 11.8. The first-order valence-electron chi connectivity index (χ1n) is 14.0. The summed E-state index contributed by atoms with van der Waals surface area (Å²) in [5.74, 6) is -0.134. The molecule has 6 rings (SSSR count). The van der Waals surface area contributed by atoms with Gasteiger partial charge < -0.3 is 5.73 Å². The SMILES string of the molecule is Cc1ccc(-c2csc(N)n2)cc1.Cc1ccc(C(=O)Cl)cc1.Cc1ccc(C(=O)Nc2nc(-c3ccc(C)cc3)cs2)cc1. The molecule has 0 saturated carbocycles. The molecule has 2 heterocycles. The molecule has 0 spiro atoms. The van der Waals surface area contributed by atoms with E-state index in [0.717, 1.165) is 33.6 Å². The number of aryl methyl sites for hydroxylation is 4. The zero-order valence-corrected chi connectivity index (χ0v) is 27.8. The van der Waals surface area contributed by atoms with Crippen molar-refractivity contribution in [3.05, 3.63) is 141 Å². The summed E-state index contributed by atoms with van der Waals surface area (Å²) >= 11 is 8.12. The van der Waals surface area contributed by atoms with Gasteiger partial charge in [0, 0.05) is 33.0 Å². The number of aromatic nitrogens is 2. The molecule has 45 heavy (non-hydrogen) atoms. The number of carbonyl (C=O) groups is 2. The standard InChI is InChI=1S/C18H16N2OS.C10H10N2S.C8H7ClO/c1-12-3-7-14(8-4-12)16-11-22-18(19-16)20-17(21)15-9-5-13(2)6-10-15;1-7-2-4-8(5-3-7)9-6-13-10(11)12-9;1-6-2-4-7(5-3-6)8(9)10/h3-11H,1-2H3,(H,19,20,21);2-6H,1H3,(H2,11,12);2-5H,1H3. The highest BCUT2D eigenvalue weighted by Gasteiger charge is 2.10. The molecule has 0 saturated heterocycles. The van der Waals surface area contributed by atoms with Crippen LogP contribution in [0, 0.1) is 27.7 Å². The fourth-order valence-electron chi connectivity index (χ4n) is 3.89. The number of rotatable bonds is 5. The molecular weight excluding hydrogens is 620 g/mol. The minimum atomic E-state index is -0.403. The summed E-state index contributed by atoms with van der Waals surface area (Å²) in [6, 6.07) is 31.1. The molecule has 0 unspecified atom stereocenters. The van der Waals surface area contributed by atoms with E-state index >= 15 is 0 Å². The molecule has 0 aliphatic rings. The average molecular weight is 653 g/mol. The van der Waals surface area contributed by atoms with Crippen LogP contribution in [0.5, 0.6) is 0 Å². The second-order valence-electron chi connectivity index (χ2n) is 10.3. The van der Waals surface area contributed by atoms with Crippen molar-refractivity contribution < 1.29 is 9.59 Å². The van der Waals surface area contributed by atoms with Crippen molar-refractivity contribution in [2.75, 3.05) is 11.1 Å². The molecule has 2 aromatic heterocycles. The molecule has 228 valence electrons. The highest BCUT2D eigenvalue weighted by atomic mass is 35.5. The van der Waals surface area contributed by atoms with Crippen LogP contribution >= 0.6 is 34.3 Å². The molecule has 6 nitrogen and oxygen atoms in total. The van der Waals surface area contributed by atoms with E-state index in [-0.39, 0.29) is 5.91 Å². The van der Waals surface area contributed by atoms with Crippen molar-refractivity contribution in [2.45, 2.75) is 27.7 Å². The maximum atomic E-state index is 12.2. The number of amides is 1. The van der Waals surface area contributed by atoms with Crippen LogP contribution in [0.15, 0.2) is 108 Å². The fourth-order valence-corrected chi connectivity index (χ4v) is 5.30. The molecule has 0 aliphatic heterocycles. The molecule has 4 aromatic carbocycles. The first-order valence-corrected chi connectivity index (χ1v) is 16.2. The Hall–Kier alpha value is -4.63. The number of halogens is 1. The number of nitrogens with one attached hydrogen (secondary N) is 1. The van der Waals surface area contributed by atoms with E-state index in [2.05, 4.69) is 65.5 Å². The third-order valence-corrected chi connectivity index (χ3v) is 8.18. The molecule has 6 aromatic rings. The van der Waals surface area contributed by atoms with E-state index in [4.69, 9.17) is 17.3 Å². The van der Waals surface area contributed by atoms with Crippen LogP contribution in [-0.2, 0) is 0 Å². The lowest BCUT2D eigenvalue weighted by Crippen LogP contribution is -2.11. The van der Waals surface area contributed by atoms with E-state index in [9.17, 15) is 9.59 Å². The molecular formula is C36H33ClN4O2S2. The summed E-state index contributed by atoms with van der Waals surface area (Å²) in [6.45, 7) is 8.08. The van der Waals surface area contributed by atoms with Crippen LogP contribution in [-0.4, -0.2) is 21.1 Å². The molecule has 3 N–H and O–H groups in total. The number of hydrogen-bond donors (Lipinski definition) is 2. The molecule has 0 atom stereocenters. The first-order chi connectivity index (χ1) is 21.6. The van der Waals surface area contributed by atoms with Gasteiger partial charge in [-0.2, -0.15) is 0 Å². The second kappa shape index (κ2) is 15.9. The van der Waals surface area contributed by atoms with Crippen LogP contribution in [0.1, 0.15) is 43.0 Å². The second-order valence-corrected chi connectivity index (χ2v) is 12.4. The normalized spacial score (nSPS) is 10.2. The Balaban J connectivity index is 0.000000170. The van der Waals surface area contributed by atoms with Crippen LogP contribution in [0.4, 0.5) is 10.3 Å². The highest BCUT2D eigenvalue weighted by Crippen LogP contribution is 2.26. The number of benzene rings is 4. The zero-order valence-electron chi connectivity index (χ0n) is 25.4. The van der Waals surface area contributed by atoms with Crippen molar-refractivity contribution in [3.63, 3.8) is 0 Å². The Bertz CT molecular complexity index is 1850. The minimum absolute atomic E-state index is 0.134. The number of nitrogen functional groups attached to an aromatic ring is 1. The van der Waals surface area contributed by atoms with Crippen molar-refractivity contribution in [2.24, 2.45) is 0 Å². The maximum absolute atomic E-state index is 12.2. The van der Waals surface area contributed by atoms with Gasteiger partial charge in [0.15, 0.2) is 10.3 Å². The number of carbonyl (C=O) groups excluding carboxylic acids is 2. The molecule has 9 heteroatoms. The van der Waals surface area contributed by atoms with Gasteiger partial charge in [-0.3, -0.25) is 14.9 Å². The van der Waals surface area contributed by atoms with Gasteiger partial charge in [-0.25, -0.2) is 9.97 Å². The molecule has 0 fully saturated rings. The predicted molar refractivity (Wildman–Crippen MR) is 189 cm³/mol. The lowest BCUT2D eigenvalue weighted by Gasteiger charge is -2.02. The molecule has 0 radical (unpaired) electrons. The number of anilines is 2. The van der Waals surface area contributed by atoms with Crippen LogP contribution in [0.3, 0.4) is 0 Å². The Morgan fingerprint density at radius 2 is 1.00 bits per heavy atom. The van der Waals surface area contributed by atoms with Crippen molar-refractivity contribution >= 4 is 55.7 Å². The van der Waals surface area contributed by atoms with Gasteiger partial charge in [0.25, 0.3) is 11.1 Å². The summed E-state index contributed by atoms with van der Waals surface area (Å²) in [7, 11) is 0. The van der Waals surface area contributed by atoms with Gasteiger partial charge in [-0.1, -0.05) is 95.1 Å². The summed E-state index contributed by atoms with van der Waals surface area (Å²) in [5.41, 5.74) is 15.5. The maximum Gasteiger partial charge on any atom is 0.257 e. The van der Waals surface area contributed by atoms with E-state index in [0.29, 0.717) is 21.4 Å². The predicted octanol–water partition coefficient (Wildman–Crippen LogP) is 9.75. The quantitative estimate of drug-likeness (QED) is 0.181. The van der Waals surface area contributed by atoms with Crippen LogP contribution < -0.4 is 11.1 Å². The zero-order chi connectivity index (χ0) is 32.3. The fraction of sp³-hybridized carbons (Fsp3) is 0.111. The monoisotopic (exact) mass is 652 g/mol. The van der Waals surface area contributed by atoms with E-state index in [1.54, 1.807) is 12.1 Å². The van der Waals surface area contributed by atoms with Crippen LogP contribution in [0.2, 0.25) is 0 Å². The largest absolute Gasteiger partial charge is 0.375 e. The van der Waals surface area contributed by atoms with Crippen molar-refractivity contribution in [1.29, 1.82) is 0 Å². The van der Waals surface area contributed by atoms with Gasteiger partial charge in [-0.05, 0) is 63.6 Å². The third-order valence-electron chi connectivity index (χ3n) is 6.53. The van der Waals surface area contributed by atoms with Gasteiger partial charge in [-0.15, -0.1) is 22.7 Å². The number of nitrogens with zero attached hydrogens (tertiary/aromatic N) is 2. The smallest absolute Gasteiger partial charge is 0.257 e. The van der Waals surface area contributed by atoms with Crippen molar-refractivity contribution in [3.8, 4) is 22.5 Å². The third kappa shape index (κ3) is 10.2. The summed E-state index contributed by atoms with van der Waals surface area (Å²) < 4.78 is 0. The summed E-state index contributed by atoms with van der Waals surface area (Å²) in [5, 5.41) is 7.60. The Labute approximate surface area is 276 Å². The molecule has 1 amide bonds. The minimum Gasteiger partial charge on any atom is -0.375 e. The number of thiazole rings is 2. The average Bonchev–Trinajstić information content (AvgIpc) is 3.68. The molecule has 0 aliphatic carbocycles. The van der Waals surface area contributed by atoms with E-state index in [1.807, 2.05) is 73.1 Å². The molecule has 0 bridgehead atoms. The van der Waals surface area contributed by atoms with Gasteiger partial charge in [0.05, 0.1) is 11.4 Å². The topological polar surface area (TPSA) is 98.0 Å². The van der Waals surface area contributed by atoms with Gasteiger partial charge >= 0.3 is 0 Å². The van der Waals surface area contributed by atoms with Crippen LogP contribution in [0.25, 0.3) is 22.5 Å². The Morgan fingerprint density at radius 1 is 0.600 bits per heavy atom. The number of nitrogens with two attached hydrogens (primary N) is 1. The van der Waals surface area contributed by atoms with E-state index in [1.165, 1.54) is 33.8 Å². The van der Waals surface area contributed by atoms with Gasteiger partial charge in [0.2, 0.25) is 0 Å². The lowest BCUT2D eigenvalue weighted by atomic mass is 10.1. The highest BCUT2D eigenvalue weighted by molar-refractivity contribution is 7.14. The number of hydrogen-bond acceptors (Lipinski definition) is 7. The Morgan fingerprint density at radius 3 is 1.42 bits per heavy atom. The van der Waals surface area contributed by atoms with Crippen molar-refractivity contribution in [1.82, 2.24) is 9.97 Å². The van der Waals surface area contributed by atoms with Gasteiger partial charge in [0.1, 0.15) is 0 Å². The lowest BCUT2D eigenvalue weighted by molar-refractivity contribution is 0.102. The van der Waals surface area contributed by atoms with E-state index < -0.39 is 5.24 Å².